The third-order valence-corrected chi connectivity index (χ3v) is 6.65. The molecular weight excluding hydrogens is 482 g/mol. The van der Waals surface area contributed by atoms with Crippen LogP contribution >= 0.6 is 22.9 Å². The number of carbonyl (C=O) groups is 1. The molecule has 172 valence electrons. The van der Waals surface area contributed by atoms with Crippen molar-refractivity contribution in [2.24, 2.45) is 10.1 Å². The van der Waals surface area contributed by atoms with Crippen LogP contribution in [0.2, 0.25) is 5.02 Å². The zero-order chi connectivity index (χ0) is 23.8. The highest BCUT2D eigenvalue weighted by Crippen LogP contribution is 2.33. The monoisotopic (exact) mass is 499 g/mol. The SMILES string of the molecule is O=C1COc2ccc(-c3csc(=Nc4ccc(Cl)cc4)n3N=Cc3c[nH]c4ccccc34)cc2N1. The van der Waals surface area contributed by atoms with E-state index in [4.69, 9.17) is 26.4 Å². The van der Waals surface area contributed by atoms with Gasteiger partial charge >= 0.3 is 0 Å². The van der Waals surface area contributed by atoms with Crippen molar-refractivity contribution < 1.29 is 9.53 Å². The number of hydrogen-bond acceptors (Lipinski definition) is 5. The number of para-hydroxylation sites is 1. The maximum absolute atomic E-state index is 11.8. The summed E-state index contributed by atoms with van der Waals surface area (Å²) in [6, 6.07) is 21.1. The number of aromatic amines is 1. The van der Waals surface area contributed by atoms with Crippen LogP contribution in [-0.4, -0.2) is 28.4 Å². The Morgan fingerprint density at radius 2 is 1.94 bits per heavy atom. The summed E-state index contributed by atoms with van der Waals surface area (Å²) < 4.78 is 7.31. The second-order valence-electron chi connectivity index (χ2n) is 7.89. The molecule has 0 bridgehead atoms. The molecule has 35 heavy (non-hydrogen) atoms. The maximum atomic E-state index is 11.8. The zero-order valence-electron chi connectivity index (χ0n) is 18.2. The minimum absolute atomic E-state index is 0.0177. The summed E-state index contributed by atoms with van der Waals surface area (Å²) >= 11 is 7.51. The fourth-order valence-corrected chi connectivity index (χ4v) is 4.86. The normalized spacial score (nSPS) is 13.7. The number of H-pyrrole nitrogens is 1. The molecule has 0 fully saturated rings. The molecule has 3 aromatic carbocycles. The van der Waals surface area contributed by atoms with Crippen LogP contribution in [-0.2, 0) is 4.79 Å². The molecule has 0 unspecified atom stereocenters. The average Bonchev–Trinajstić information content (AvgIpc) is 3.47. The van der Waals surface area contributed by atoms with Crippen LogP contribution in [0.15, 0.2) is 88.4 Å². The number of nitrogens with one attached hydrogen (secondary N) is 2. The summed E-state index contributed by atoms with van der Waals surface area (Å²) in [5.41, 5.74) is 5.12. The molecule has 3 heterocycles. The van der Waals surface area contributed by atoms with Crippen LogP contribution in [0.4, 0.5) is 11.4 Å². The topological polar surface area (TPSA) is 83.8 Å². The fraction of sp³-hybridized carbons (Fsp3) is 0.0385. The lowest BCUT2D eigenvalue weighted by Gasteiger charge is -2.18. The lowest BCUT2D eigenvalue weighted by Crippen LogP contribution is -2.25. The predicted molar refractivity (Wildman–Crippen MR) is 140 cm³/mol. The minimum Gasteiger partial charge on any atom is -0.482 e. The molecule has 2 N–H and O–H groups in total. The first kappa shape index (κ1) is 21.4. The summed E-state index contributed by atoms with van der Waals surface area (Å²) in [6.07, 6.45) is 3.75. The Labute approximate surface area is 209 Å². The summed E-state index contributed by atoms with van der Waals surface area (Å²) in [6.45, 7) is 0.0177. The van der Waals surface area contributed by atoms with Gasteiger partial charge in [0.25, 0.3) is 5.91 Å². The van der Waals surface area contributed by atoms with Gasteiger partial charge in [0.05, 0.1) is 23.3 Å². The number of fused-ring (bicyclic) bond motifs is 2. The van der Waals surface area contributed by atoms with Gasteiger partial charge in [-0.05, 0) is 48.5 Å². The van der Waals surface area contributed by atoms with Crippen LogP contribution in [0.1, 0.15) is 5.56 Å². The average molecular weight is 500 g/mol. The van der Waals surface area contributed by atoms with Gasteiger partial charge in [0.2, 0.25) is 4.80 Å². The molecular formula is C26H18ClN5O2S. The van der Waals surface area contributed by atoms with E-state index in [2.05, 4.69) is 16.4 Å². The number of carbonyl (C=O) groups excluding carboxylic acids is 1. The van der Waals surface area contributed by atoms with E-state index < -0.39 is 0 Å². The van der Waals surface area contributed by atoms with E-state index in [1.54, 1.807) is 16.8 Å². The second kappa shape index (κ2) is 8.90. The number of amides is 1. The number of hydrogen-bond donors (Lipinski definition) is 2. The summed E-state index contributed by atoms with van der Waals surface area (Å²) in [5.74, 6) is 0.465. The Morgan fingerprint density at radius 3 is 2.83 bits per heavy atom. The number of benzene rings is 3. The molecule has 5 aromatic rings. The summed E-state index contributed by atoms with van der Waals surface area (Å²) in [5, 5.41) is 11.4. The van der Waals surface area contributed by atoms with Crippen molar-refractivity contribution in [1.82, 2.24) is 9.66 Å². The van der Waals surface area contributed by atoms with Crippen molar-refractivity contribution in [2.45, 2.75) is 0 Å². The number of nitrogens with zero attached hydrogens (tertiary/aromatic N) is 3. The van der Waals surface area contributed by atoms with Crippen LogP contribution in [0.25, 0.3) is 22.2 Å². The van der Waals surface area contributed by atoms with Crippen LogP contribution in [0, 0.1) is 0 Å². The number of aromatic nitrogens is 2. The molecule has 2 aromatic heterocycles. The van der Waals surface area contributed by atoms with Gasteiger partial charge in [-0.3, -0.25) is 4.79 Å². The highest BCUT2D eigenvalue weighted by Gasteiger charge is 2.18. The zero-order valence-corrected chi connectivity index (χ0v) is 19.8. The first-order chi connectivity index (χ1) is 17.1. The smallest absolute Gasteiger partial charge is 0.262 e. The molecule has 6 rings (SSSR count). The molecule has 0 radical (unpaired) electrons. The number of ether oxygens (including phenoxy) is 1. The summed E-state index contributed by atoms with van der Waals surface area (Å²) in [4.78, 5) is 20.6. The quantitative estimate of drug-likeness (QED) is 0.306. The standard InChI is InChI=1S/C26H18ClN5O2S/c27-18-6-8-19(9-7-18)30-26-32(29-13-17-12-28-21-4-2-1-3-20(17)21)23(15-35-26)16-5-10-24-22(11-16)31-25(33)14-34-24/h1-13,15,28H,14H2,(H,31,33). The molecule has 9 heteroatoms. The predicted octanol–water partition coefficient (Wildman–Crippen LogP) is 5.80. The molecule has 0 atom stereocenters. The van der Waals surface area contributed by atoms with Crippen molar-refractivity contribution in [3.63, 3.8) is 0 Å². The Morgan fingerprint density at radius 1 is 1.09 bits per heavy atom. The van der Waals surface area contributed by atoms with E-state index in [1.807, 2.05) is 66.3 Å². The van der Waals surface area contributed by atoms with Gasteiger partial charge in [-0.2, -0.15) is 5.10 Å². The van der Waals surface area contributed by atoms with E-state index in [0.717, 1.165) is 33.4 Å². The van der Waals surface area contributed by atoms with Crippen LogP contribution in [0.5, 0.6) is 5.75 Å². The number of halogens is 1. The van der Waals surface area contributed by atoms with E-state index in [9.17, 15) is 4.79 Å². The van der Waals surface area contributed by atoms with E-state index in [1.165, 1.54) is 11.3 Å². The lowest BCUT2D eigenvalue weighted by molar-refractivity contribution is -0.118. The third kappa shape index (κ3) is 4.25. The Bertz CT molecular complexity index is 1660. The largest absolute Gasteiger partial charge is 0.482 e. The highest BCUT2D eigenvalue weighted by molar-refractivity contribution is 7.07. The van der Waals surface area contributed by atoms with Crippen molar-refractivity contribution in [1.29, 1.82) is 0 Å². The first-order valence-corrected chi connectivity index (χ1v) is 12.1. The molecule has 0 saturated heterocycles. The Hall–Kier alpha value is -4.14. The molecule has 1 aliphatic rings. The number of thiazole rings is 1. The van der Waals surface area contributed by atoms with Crippen LogP contribution < -0.4 is 14.9 Å². The van der Waals surface area contributed by atoms with E-state index >= 15 is 0 Å². The Kier molecular flexibility index (Phi) is 5.44. The van der Waals surface area contributed by atoms with Gasteiger partial charge in [0.1, 0.15) is 5.75 Å². The lowest BCUT2D eigenvalue weighted by atomic mass is 10.1. The van der Waals surface area contributed by atoms with Crippen molar-refractivity contribution in [2.75, 3.05) is 11.9 Å². The van der Waals surface area contributed by atoms with Crippen molar-refractivity contribution in [3.8, 4) is 17.0 Å². The first-order valence-electron chi connectivity index (χ1n) is 10.8. The van der Waals surface area contributed by atoms with Gasteiger partial charge in [-0.25, -0.2) is 9.67 Å². The fourth-order valence-electron chi connectivity index (χ4n) is 3.88. The second-order valence-corrected chi connectivity index (χ2v) is 9.16. The Balaban J connectivity index is 1.48. The molecule has 0 saturated carbocycles. The van der Waals surface area contributed by atoms with Gasteiger partial charge in [0.15, 0.2) is 6.61 Å². The molecule has 1 amide bonds. The number of rotatable bonds is 4. The molecule has 0 aliphatic carbocycles. The van der Waals surface area contributed by atoms with Crippen LogP contribution in [0.3, 0.4) is 0 Å². The number of anilines is 1. The summed E-state index contributed by atoms with van der Waals surface area (Å²) in [7, 11) is 0. The molecule has 1 aliphatic heterocycles. The maximum Gasteiger partial charge on any atom is 0.262 e. The molecule has 0 spiro atoms. The third-order valence-electron chi connectivity index (χ3n) is 5.58. The van der Waals surface area contributed by atoms with Crippen molar-refractivity contribution >= 4 is 57.3 Å². The van der Waals surface area contributed by atoms with E-state index in [-0.39, 0.29) is 12.5 Å². The van der Waals surface area contributed by atoms with E-state index in [0.29, 0.717) is 21.3 Å². The molecule has 7 nitrogen and oxygen atoms in total. The minimum atomic E-state index is -0.177. The highest BCUT2D eigenvalue weighted by atomic mass is 35.5. The van der Waals surface area contributed by atoms with Crippen molar-refractivity contribution in [3.05, 3.63) is 93.7 Å². The van der Waals surface area contributed by atoms with Gasteiger partial charge in [0, 0.05) is 38.6 Å². The van der Waals surface area contributed by atoms with Gasteiger partial charge < -0.3 is 15.0 Å². The van der Waals surface area contributed by atoms with Gasteiger partial charge in [-0.1, -0.05) is 29.8 Å². The van der Waals surface area contributed by atoms with Gasteiger partial charge in [-0.15, -0.1) is 11.3 Å².